The van der Waals surface area contributed by atoms with Gasteiger partial charge in [-0.3, -0.25) is 4.79 Å². The molecule has 1 rings (SSSR count). The number of nitrogens with one attached hydrogen (secondary N) is 2. The van der Waals surface area contributed by atoms with Crippen molar-refractivity contribution in [3.63, 3.8) is 0 Å². The number of anilines is 2. The van der Waals surface area contributed by atoms with Crippen molar-refractivity contribution in [1.82, 2.24) is 0 Å². The fourth-order valence-corrected chi connectivity index (χ4v) is 1.53. The lowest BCUT2D eigenvalue weighted by atomic mass is 10.2. The minimum atomic E-state index is -0.0612. The molecule has 1 aromatic rings. The van der Waals surface area contributed by atoms with Crippen molar-refractivity contribution in [3.8, 4) is 0 Å². The van der Waals surface area contributed by atoms with Crippen molar-refractivity contribution >= 4 is 17.3 Å². The van der Waals surface area contributed by atoms with E-state index in [1.165, 1.54) is 6.92 Å². The lowest BCUT2D eigenvalue weighted by Crippen LogP contribution is -2.08. The third-order valence-corrected chi connectivity index (χ3v) is 2.43. The van der Waals surface area contributed by atoms with Gasteiger partial charge in [-0.1, -0.05) is 0 Å². The van der Waals surface area contributed by atoms with Crippen molar-refractivity contribution in [2.75, 3.05) is 44.1 Å². The zero-order valence-corrected chi connectivity index (χ0v) is 11.6. The van der Waals surface area contributed by atoms with Gasteiger partial charge >= 0.3 is 0 Å². The van der Waals surface area contributed by atoms with E-state index in [2.05, 4.69) is 10.6 Å². The summed E-state index contributed by atoms with van der Waals surface area (Å²) in [6, 6.07) is 7.63. The number of hydrogen-bond donors (Lipinski definition) is 2. The summed E-state index contributed by atoms with van der Waals surface area (Å²) in [6.45, 7) is 4.35. The molecule has 2 N–H and O–H groups in total. The van der Waals surface area contributed by atoms with E-state index in [4.69, 9.17) is 9.47 Å². The summed E-state index contributed by atoms with van der Waals surface area (Å²) in [5, 5.41) is 6.02. The Morgan fingerprint density at radius 3 is 2.42 bits per heavy atom. The van der Waals surface area contributed by atoms with Gasteiger partial charge in [0.2, 0.25) is 5.91 Å². The van der Waals surface area contributed by atoms with Crippen LogP contribution in [0.2, 0.25) is 0 Å². The number of hydrogen-bond acceptors (Lipinski definition) is 4. The molecule has 1 amide bonds. The molecular formula is C14H22N2O3. The van der Waals surface area contributed by atoms with E-state index in [-0.39, 0.29) is 5.91 Å². The summed E-state index contributed by atoms with van der Waals surface area (Å²) in [5.41, 5.74) is 1.84. The molecule has 5 heteroatoms. The number of rotatable bonds is 9. The van der Waals surface area contributed by atoms with E-state index >= 15 is 0 Å². The number of benzene rings is 1. The summed E-state index contributed by atoms with van der Waals surface area (Å²) in [5.74, 6) is -0.0612. The Kier molecular flexibility index (Phi) is 7.62. The van der Waals surface area contributed by atoms with E-state index in [1.54, 1.807) is 7.11 Å². The Morgan fingerprint density at radius 1 is 1.11 bits per heavy atom. The first-order valence-corrected chi connectivity index (χ1v) is 6.40. The summed E-state index contributed by atoms with van der Waals surface area (Å²) in [7, 11) is 1.66. The van der Waals surface area contributed by atoms with E-state index in [0.29, 0.717) is 13.2 Å². The van der Waals surface area contributed by atoms with Gasteiger partial charge in [0.1, 0.15) is 0 Å². The predicted molar refractivity (Wildman–Crippen MR) is 76.5 cm³/mol. The lowest BCUT2D eigenvalue weighted by Gasteiger charge is -2.08. The van der Waals surface area contributed by atoms with Gasteiger partial charge in [0, 0.05) is 38.6 Å². The molecule has 0 aromatic heterocycles. The highest BCUT2D eigenvalue weighted by atomic mass is 16.5. The standard InChI is InChI=1S/C14H22N2O3/c1-12(17)16-14-6-4-13(5-7-14)15-8-3-9-19-11-10-18-2/h4-7,15H,3,8-11H2,1-2H3,(H,16,17). The Balaban J connectivity index is 2.14. The van der Waals surface area contributed by atoms with Gasteiger partial charge in [-0.15, -0.1) is 0 Å². The van der Waals surface area contributed by atoms with Crippen molar-refractivity contribution in [3.05, 3.63) is 24.3 Å². The van der Waals surface area contributed by atoms with Crippen LogP contribution in [0.1, 0.15) is 13.3 Å². The Hall–Kier alpha value is -1.59. The third kappa shape index (κ3) is 7.43. The maximum Gasteiger partial charge on any atom is 0.221 e. The molecule has 0 aliphatic rings. The molecule has 5 nitrogen and oxygen atoms in total. The minimum Gasteiger partial charge on any atom is -0.385 e. The fraction of sp³-hybridized carbons (Fsp3) is 0.500. The molecule has 0 aliphatic carbocycles. The number of methoxy groups -OCH3 is 1. The topological polar surface area (TPSA) is 59.6 Å². The minimum absolute atomic E-state index is 0.0612. The summed E-state index contributed by atoms with van der Waals surface area (Å²) in [6.07, 6.45) is 0.942. The van der Waals surface area contributed by atoms with Crippen molar-refractivity contribution in [2.24, 2.45) is 0 Å². The van der Waals surface area contributed by atoms with Gasteiger partial charge in [0.15, 0.2) is 0 Å². The van der Waals surface area contributed by atoms with Crippen LogP contribution >= 0.6 is 0 Å². The monoisotopic (exact) mass is 266 g/mol. The molecule has 0 saturated heterocycles. The number of carbonyl (C=O) groups excluding carboxylic acids is 1. The molecule has 0 fully saturated rings. The van der Waals surface area contributed by atoms with E-state index in [1.807, 2.05) is 24.3 Å². The van der Waals surface area contributed by atoms with Gasteiger partial charge in [-0.05, 0) is 30.7 Å². The smallest absolute Gasteiger partial charge is 0.221 e. The first-order chi connectivity index (χ1) is 9.22. The molecule has 1 aromatic carbocycles. The highest BCUT2D eigenvalue weighted by molar-refractivity contribution is 5.88. The second-order valence-corrected chi connectivity index (χ2v) is 4.14. The Labute approximate surface area is 114 Å². The van der Waals surface area contributed by atoms with E-state index in [0.717, 1.165) is 30.9 Å². The molecule has 0 saturated carbocycles. The molecule has 0 heterocycles. The average Bonchev–Trinajstić information content (AvgIpc) is 2.39. The van der Waals surface area contributed by atoms with Crippen LogP contribution in [0.5, 0.6) is 0 Å². The number of carbonyl (C=O) groups is 1. The first-order valence-electron chi connectivity index (χ1n) is 6.40. The van der Waals surface area contributed by atoms with Crippen molar-refractivity contribution < 1.29 is 14.3 Å². The van der Waals surface area contributed by atoms with Crippen LogP contribution in [-0.2, 0) is 14.3 Å². The molecule has 19 heavy (non-hydrogen) atoms. The van der Waals surface area contributed by atoms with Gasteiger partial charge < -0.3 is 20.1 Å². The second-order valence-electron chi connectivity index (χ2n) is 4.14. The normalized spacial score (nSPS) is 10.2. The Morgan fingerprint density at radius 2 is 1.79 bits per heavy atom. The average molecular weight is 266 g/mol. The van der Waals surface area contributed by atoms with Crippen molar-refractivity contribution in [1.29, 1.82) is 0 Å². The molecule has 0 aliphatic heterocycles. The van der Waals surface area contributed by atoms with E-state index < -0.39 is 0 Å². The van der Waals surface area contributed by atoms with Crippen LogP contribution in [0.25, 0.3) is 0 Å². The highest BCUT2D eigenvalue weighted by Gasteiger charge is 1.96. The summed E-state index contributed by atoms with van der Waals surface area (Å²) >= 11 is 0. The zero-order chi connectivity index (χ0) is 13.9. The first kappa shape index (κ1) is 15.5. The SMILES string of the molecule is COCCOCCCNc1ccc(NC(C)=O)cc1. The molecule has 0 unspecified atom stereocenters. The number of ether oxygens (including phenoxy) is 2. The maximum atomic E-state index is 10.9. The van der Waals surface area contributed by atoms with Gasteiger partial charge in [0.25, 0.3) is 0 Å². The molecule has 0 atom stereocenters. The highest BCUT2D eigenvalue weighted by Crippen LogP contribution is 2.13. The zero-order valence-electron chi connectivity index (χ0n) is 11.6. The molecule has 0 bridgehead atoms. The largest absolute Gasteiger partial charge is 0.385 e. The third-order valence-electron chi connectivity index (χ3n) is 2.43. The summed E-state index contributed by atoms with van der Waals surface area (Å²) in [4.78, 5) is 10.9. The van der Waals surface area contributed by atoms with Gasteiger partial charge in [-0.2, -0.15) is 0 Å². The maximum absolute atomic E-state index is 10.9. The fourth-order valence-electron chi connectivity index (χ4n) is 1.53. The van der Waals surface area contributed by atoms with Crippen molar-refractivity contribution in [2.45, 2.75) is 13.3 Å². The van der Waals surface area contributed by atoms with Crippen LogP contribution < -0.4 is 10.6 Å². The van der Waals surface area contributed by atoms with Crippen LogP contribution in [0.15, 0.2) is 24.3 Å². The van der Waals surface area contributed by atoms with Crippen LogP contribution in [0.4, 0.5) is 11.4 Å². The van der Waals surface area contributed by atoms with Gasteiger partial charge in [0.05, 0.1) is 13.2 Å². The second kappa shape index (κ2) is 9.35. The number of amides is 1. The lowest BCUT2D eigenvalue weighted by molar-refractivity contribution is -0.114. The Bertz CT molecular complexity index is 365. The quantitative estimate of drug-likeness (QED) is 0.672. The predicted octanol–water partition coefficient (Wildman–Crippen LogP) is 2.11. The summed E-state index contributed by atoms with van der Waals surface area (Å²) < 4.78 is 10.2. The molecule has 0 radical (unpaired) electrons. The van der Waals surface area contributed by atoms with Gasteiger partial charge in [-0.25, -0.2) is 0 Å². The molecule has 0 spiro atoms. The van der Waals surface area contributed by atoms with Crippen LogP contribution in [0.3, 0.4) is 0 Å². The van der Waals surface area contributed by atoms with Crippen LogP contribution in [-0.4, -0.2) is 39.4 Å². The molecular weight excluding hydrogens is 244 g/mol. The molecule has 106 valence electrons. The van der Waals surface area contributed by atoms with E-state index in [9.17, 15) is 4.79 Å². The van der Waals surface area contributed by atoms with Crippen LogP contribution in [0, 0.1) is 0 Å².